The van der Waals surface area contributed by atoms with E-state index in [4.69, 9.17) is 5.73 Å². The van der Waals surface area contributed by atoms with E-state index in [2.05, 4.69) is 47.9 Å². The Kier molecular flexibility index (Phi) is 5.23. The van der Waals surface area contributed by atoms with Gasteiger partial charge in [-0.05, 0) is 44.9 Å². The second kappa shape index (κ2) is 6.92. The highest BCUT2D eigenvalue weighted by Gasteiger charge is 2.20. The van der Waals surface area contributed by atoms with Gasteiger partial charge in [-0.1, -0.05) is 18.2 Å². The molecule has 0 amide bonds. The van der Waals surface area contributed by atoms with E-state index in [9.17, 15) is 0 Å². The highest BCUT2D eigenvalue weighted by molar-refractivity contribution is 5.54. The Morgan fingerprint density at radius 3 is 2.42 bits per heavy atom. The van der Waals surface area contributed by atoms with Crippen molar-refractivity contribution in [2.75, 3.05) is 37.6 Å². The van der Waals surface area contributed by atoms with Crippen LogP contribution in [0, 0.1) is 0 Å². The van der Waals surface area contributed by atoms with Gasteiger partial charge in [0, 0.05) is 37.9 Å². The molecule has 106 valence electrons. The molecule has 1 aromatic carbocycles. The summed E-state index contributed by atoms with van der Waals surface area (Å²) in [5.41, 5.74) is 8.50. The number of piperazine rings is 1. The standard InChI is InChI=1S/C16H27N3/c1-14(2)18-10-12-19(13-11-18)16-8-4-3-6-15(16)7-5-9-17/h3-4,6,8,14H,5,7,9-13,17H2,1-2H3. The van der Waals surface area contributed by atoms with Crippen molar-refractivity contribution in [1.29, 1.82) is 0 Å². The van der Waals surface area contributed by atoms with Gasteiger partial charge in [0.2, 0.25) is 0 Å². The monoisotopic (exact) mass is 261 g/mol. The lowest BCUT2D eigenvalue weighted by Gasteiger charge is -2.38. The Hall–Kier alpha value is -1.06. The quantitative estimate of drug-likeness (QED) is 0.881. The minimum Gasteiger partial charge on any atom is -0.369 e. The average Bonchev–Trinajstić information content (AvgIpc) is 2.45. The fourth-order valence-electron chi connectivity index (χ4n) is 2.80. The van der Waals surface area contributed by atoms with Gasteiger partial charge in [-0.15, -0.1) is 0 Å². The third-order valence-corrected chi connectivity index (χ3v) is 4.03. The largest absolute Gasteiger partial charge is 0.369 e. The second-order valence-electron chi connectivity index (χ2n) is 5.64. The Morgan fingerprint density at radius 1 is 1.11 bits per heavy atom. The predicted octanol–water partition coefficient (Wildman–Crippen LogP) is 2.11. The molecule has 0 saturated carbocycles. The summed E-state index contributed by atoms with van der Waals surface area (Å²) in [6, 6.07) is 9.46. The zero-order valence-corrected chi connectivity index (χ0v) is 12.3. The average molecular weight is 261 g/mol. The van der Waals surface area contributed by atoms with E-state index in [0.29, 0.717) is 6.04 Å². The van der Waals surface area contributed by atoms with Gasteiger partial charge in [0.25, 0.3) is 0 Å². The van der Waals surface area contributed by atoms with Crippen LogP contribution in [0.3, 0.4) is 0 Å². The number of nitrogens with zero attached hydrogens (tertiary/aromatic N) is 2. The van der Waals surface area contributed by atoms with E-state index in [1.54, 1.807) is 0 Å². The summed E-state index contributed by atoms with van der Waals surface area (Å²) in [7, 11) is 0. The molecule has 0 aliphatic carbocycles. The lowest BCUT2D eigenvalue weighted by molar-refractivity contribution is 0.209. The van der Waals surface area contributed by atoms with Crippen molar-refractivity contribution in [1.82, 2.24) is 4.90 Å². The lowest BCUT2D eigenvalue weighted by atomic mass is 10.1. The first kappa shape index (κ1) is 14.4. The molecule has 19 heavy (non-hydrogen) atoms. The number of aryl methyl sites for hydroxylation is 1. The minimum atomic E-state index is 0.662. The van der Waals surface area contributed by atoms with Gasteiger partial charge >= 0.3 is 0 Å². The molecule has 0 unspecified atom stereocenters. The third-order valence-electron chi connectivity index (χ3n) is 4.03. The van der Waals surface area contributed by atoms with Crippen LogP contribution < -0.4 is 10.6 Å². The number of anilines is 1. The zero-order valence-electron chi connectivity index (χ0n) is 12.3. The fourth-order valence-corrected chi connectivity index (χ4v) is 2.80. The SMILES string of the molecule is CC(C)N1CCN(c2ccccc2CCCN)CC1. The van der Waals surface area contributed by atoms with Gasteiger partial charge in [0.1, 0.15) is 0 Å². The maximum absolute atomic E-state index is 5.64. The lowest BCUT2D eigenvalue weighted by Crippen LogP contribution is -2.49. The van der Waals surface area contributed by atoms with Crippen molar-refractivity contribution in [3.8, 4) is 0 Å². The number of benzene rings is 1. The van der Waals surface area contributed by atoms with Crippen LogP contribution in [0.4, 0.5) is 5.69 Å². The summed E-state index contributed by atoms with van der Waals surface area (Å²) in [6.07, 6.45) is 2.17. The second-order valence-corrected chi connectivity index (χ2v) is 5.64. The minimum absolute atomic E-state index is 0.662. The van der Waals surface area contributed by atoms with Crippen molar-refractivity contribution in [3.63, 3.8) is 0 Å². The van der Waals surface area contributed by atoms with Gasteiger partial charge < -0.3 is 10.6 Å². The summed E-state index contributed by atoms with van der Waals surface area (Å²) in [5, 5.41) is 0. The van der Waals surface area contributed by atoms with E-state index < -0.39 is 0 Å². The van der Waals surface area contributed by atoms with Gasteiger partial charge in [0.05, 0.1) is 0 Å². The van der Waals surface area contributed by atoms with E-state index in [1.165, 1.54) is 24.3 Å². The van der Waals surface area contributed by atoms with E-state index in [-0.39, 0.29) is 0 Å². The maximum Gasteiger partial charge on any atom is 0.0399 e. The molecule has 1 heterocycles. The molecule has 0 bridgehead atoms. The summed E-state index contributed by atoms with van der Waals surface area (Å²) in [4.78, 5) is 5.09. The van der Waals surface area contributed by atoms with Crippen molar-refractivity contribution < 1.29 is 0 Å². The normalized spacial score (nSPS) is 17.2. The molecule has 1 saturated heterocycles. The molecule has 3 nitrogen and oxygen atoms in total. The molecular formula is C16H27N3. The van der Waals surface area contributed by atoms with Crippen LogP contribution in [-0.2, 0) is 6.42 Å². The topological polar surface area (TPSA) is 32.5 Å². The van der Waals surface area contributed by atoms with Crippen LogP contribution in [-0.4, -0.2) is 43.7 Å². The highest BCUT2D eigenvalue weighted by atomic mass is 15.3. The fraction of sp³-hybridized carbons (Fsp3) is 0.625. The molecular weight excluding hydrogens is 234 g/mol. The van der Waals surface area contributed by atoms with Gasteiger partial charge in [0.15, 0.2) is 0 Å². The summed E-state index contributed by atoms with van der Waals surface area (Å²) in [5.74, 6) is 0. The maximum atomic E-state index is 5.64. The van der Waals surface area contributed by atoms with Crippen molar-refractivity contribution >= 4 is 5.69 Å². The van der Waals surface area contributed by atoms with E-state index in [0.717, 1.165) is 32.5 Å². The zero-order chi connectivity index (χ0) is 13.7. The van der Waals surface area contributed by atoms with Crippen molar-refractivity contribution in [2.24, 2.45) is 5.73 Å². The van der Waals surface area contributed by atoms with Crippen LogP contribution in [0.25, 0.3) is 0 Å². The highest BCUT2D eigenvalue weighted by Crippen LogP contribution is 2.23. The third kappa shape index (κ3) is 3.71. The molecule has 1 aliphatic heterocycles. The molecule has 1 aliphatic rings. The van der Waals surface area contributed by atoms with Crippen LogP contribution >= 0.6 is 0 Å². The first-order chi connectivity index (χ1) is 9.22. The van der Waals surface area contributed by atoms with Crippen LogP contribution in [0.15, 0.2) is 24.3 Å². The van der Waals surface area contributed by atoms with Crippen LogP contribution in [0.1, 0.15) is 25.8 Å². The Morgan fingerprint density at radius 2 is 1.79 bits per heavy atom. The summed E-state index contributed by atoms with van der Waals surface area (Å²) >= 11 is 0. The Balaban J connectivity index is 2.02. The summed E-state index contributed by atoms with van der Waals surface area (Å²) < 4.78 is 0. The molecule has 0 radical (unpaired) electrons. The molecule has 0 aromatic heterocycles. The number of rotatable bonds is 5. The van der Waals surface area contributed by atoms with Gasteiger partial charge in [-0.25, -0.2) is 0 Å². The van der Waals surface area contributed by atoms with Gasteiger partial charge in [-0.3, -0.25) is 4.90 Å². The molecule has 3 heteroatoms. The molecule has 2 rings (SSSR count). The molecule has 0 atom stereocenters. The van der Waals surface area contributed by atoms with E-state index >= 15 is 0 Å². The van der Waals surface area contributed by atoms with Crippen molar-refractivity contribution in [2.45, 2.75) is 32.7 Å². The van der Waals surface area contributed by atoms with Gasteiger partial charge in [-0.2, -0.15) is 0 Å². The Labute approximate surface area is 117 Å². The van der Waals surface area contributed by atoms with Crippen LogP contribution in [0.5, 0.6) is 0 Å². The number of hydrogen-bond acceptors (Lipinski definition) is 3. The Bertz CT molecular complexity index is 381. The summed E-state index contributed by atoms with van der Waals surface area (Å²) in [6.45, 7) is 9.95. The number of nitrogens with two attached hydrogens (primary N) is 1. The predicted molar refractivity (Wildman–Crippen MR) is 82.7 cm³/mol. The molecule has 1 aromatic rings. The number of para-hydroxylation sites is 1. The smallest absolute Gasteiger partial charge is 0.0399 e. The molecule has 2 N–H and O–H groups in total. The van der Waals surface area contributed by atoms with E-state index in [1.807, 2.05) is 0 Å². The first-order valence-electron chi connectivity index (χ1n) is 7.49. The first-order valence-corrected chi connectivity index (χ1v) is 7.49. The number of hydrogen-bond donors (Lipinski definition) is 1. The van der Waals surface area contributed by atoms with Crippen LogP contribution in [0.2, 0.25) is 0 Å². The molecule has 1 fully saturated rings. The molecule has 0 spiro atoms. The van der Waals surface area contributed by atoms with Crippen molar-refractivity contribution in [3.05, 3.63) is 29.8 Å².